The normalized spacial score (nSPS) is 23.7. The standard InChI is InChI=1S/C14H26N2O5S/c1-10-3-5-12(6-4-10)16-22(20,21)9-13(17)15-8-11(2)7-14(18)19/h10-12,16H,3-9H2,1-2H3,(H,15,17)(H,18,19). The van der Waals surface area contributed by atoms with E-state index in [4.69, 9.17) is 5.11 Å². The summed E-state index contributed by atoms with van der Waals surface area (Å²) in [5.74, 6) is -1.77. The van der Waals surface area contributed by atoms with Crippen molar-refractivity contribution in [3.05, 3.63) is 0 Å². The minimum absolute atomic E-state index is 0.0639. The number of hydrogen-bond donors (Lipinski definition) is 3. The number of sulfonamides is 1. The Bertz CT molecular complexity index is 483. The SMILES string of the molecule is CC1CCC(NS(=O)(=O)CC(=O)NCC(C)CC(=O)O)CC1. The van der Waals surface area contributed by atoms with Crippen molar-refractivity contribution in [1.29, 1.82) is 0 Å². The quantitative estimate of drug-likeness (QED) is 0.605. The molecule has 0 spiro atoms. The van der Waals surface area contributed by atoms with E-state index in [1.54, 1.807) is 6.92 Å². The molecule has 1 rings (SSSR count). The lowest BCUT2D eigenvalue weighted by Gasteiger charge is -2.26. The minimum atomic E-state index is -3.65. The Hall–Kier alpha value is -1.15. The Morgan fingerprint density at radius 2 is 1.82 bits per heavy atom. The fourth-order valence-electron chi connectivity index (χ4n) is 2.56. The van der Waals surface area contributed by atoms with Gasteiger partial charge in [-0.25, -0.2) is 13.1 Å². The molecule has 1 unspecified atom stereocenters. The third-order valence-corrected chi connectivity index (χ3v) is 5.19. The van der Waals surface area contributed by atoms with Crippen molar-refractivity contribution < 1.29 is 23.1 Å². The second-order valence-electron chi connectivity index (χ2n) is 6.34. The summed E-state index contributed by atoms with van der Waals surface area (Å²) in [6, 6.07) is -0.0834. The second-order valence-corrected chi connectivity index (χ2v) is 8.09. The van der Waals surface area contributed by atoms with Crippen LogP contribution in [0.15, 0.2) is 0 Å². The molecule has 22 heavy (non-hydrogen) atoms. The van der Waals surface area contributed by atoms with Crippen LogP contribution in [0, 0.1) is 11.8 Å². The van der Waals surface area contributed by atoms with Gasteiger partial charge >= 0.3 is 5.97 Å². The Kier molecular flexibility index (Phi) is 7.28. The molecule has 128 valence electrons. The maximum Gasteiger partial charge on any atom is 0.303 e. The lowest BCUT2D eigenvalue weighted by molar-refractivity contribution is -0.138. The number of hydrogen-bond acceptors (Lipinski definition) is 4. The van der Waals surface area contributed by atoms with Crippen molar-refractivity contribution in [1.82, 2.24) is 10.0 Å². The molecule has 0 aromatic rings. The Morgan fingerprint density at radius 3 is 2.36 bits per heavy atom. The van der Waals surface area contributed by atoms with Gasteiger partial charge in [0.25, 0.3) is 0 Å². The predicted molar refractivity (Wildman–Crippen MR) is 82.8 cm³/mol. The molecule has 1 aliphatic carbocycles. The molecule has 1 aliphatic rings. The molecule has 0 aromatic carbocycles. The van der Waals surface area contributed by atoms with Crippen molar-refractivity contribution >= 4 is 21.9 Å². The number of nitrogens with one attached hydrogen (secondary N) is 2. The van der Waals surface area contributed by atoms with Crippen LogP contribution in [0.2, 0.25) is 0 Å². The first-order valence-corrected chi connectivity index (χ1v) is 9.31. The maximum atomic E-state index is 11.9. The number of carbonyl (C=O) groups excluding carboxylic acids is 1. The lowest BCUT2D eigenvalue weighted by Crippen LogP contribution is -2.43. The van der Waals surface area contributed by atoms with Crippen LogP contribution in [0.4, 0.5) is 0 Å². The summed E-state index contributed by atoms with van der Waals surface area (Å²) < 4.78 is 26.5. The van der Waals surface area contributed by atoms with Gasteiger partial charge in [0.05, 0.1) is 0 Å². The molecule has 0 heterocycles. The summed E-state index contributed by atoms with van der Waals surface area (Å²) in [5.41, 5.74) is 0. The number of amides is 1. The van der Waals surface area contributed by atoms with Gasteiger partial charge in [-0.1, -0.05) is 13.8 Å². The van der Waals surface area contributed by atoms with E-state index in [2.05, 4.69) is 17.0 Å². The lowest BCUT2D eigenvalue weighted by atomic mass is 9.88. The van der Waals surface area contributed by atoms with Gasteiger partial charge < -0.3 is 10.4 Å². The maximum absolute atomic E-state index is 11.9. The number of aliphatic carboxylic acids is 1. The van der Waals surface area contributed by atoms with Crippen molar-refractivity contribution in [2.24, 2.45) is 11.8 Å². The van der Waals surface area contributed by atoms with Crippen LogP contribution in [0.1, 0.15) is 46.0 Å². The monoisotopic (exact) mass is 334 g/mol. The molecule has 1 fully saturated rings. The fraction of sp³-hybridized carbons (Fsp3) is 0.857. The molecule has 0 bridgehead atoms. The van der Waals surface area contributed by atoms with Crippen LogP contribution in [-0.2, 0) is 19.6 Å². The Balaban J connectivity index is 2.34. The molecule has 1 atom stereocenters. The first kappa shape index (κ1) is 18.9. The van der Waals surface area contributed by atoms with Crippen LogP contribution in [0.25, 0.3) is 0 Å². The third kappa shape index (κ3) is 7.74. The van der Waals surface area contributed by atoms with Gasteiger partial charge in [-0.05, 0) is 37.5 Å². The largest absolute Gasteiger partial charge is 0.481 e. The van der Waals surface area contributed by atoms with Crippen molar-refractivity contribution in [3.8, 4) is 0 Å². The van der Waals surface area contributed by atoms with E-state index in [-0.39, 0.29) is 24.9 Å². The van der Waals surface area contributed by atoms with E-state index in [9.17, 15) is 18.0 Å². The third-order valence-electron chi connectivity index (χ3n) is 3.85. The molecular weight excluding hydrogens is 308 g/mol. The number of carboxylic acid groups (broad SMARTS) is 1. The zero-order valence-electron chi connectivity index (χ0n) is 13.2. The molecule has 0 aliphatic heterocycles. The molecule has 0 radical (unpaired) electrons. The van der Waals surface area contributed by atoms with E-state index in [1.807, 2.05) is 0 Å². The number of carboxylic acids is 1. The van der Waals surface area contributed by atoms with Gasteiger partial charge in [-0.3, -0.25) is 9.59 Å². The number of carbonyl (C=O) groups is 2. The van der Waals surface area contributed by atoms with Gasteiger partial charge in [-0.2, -0.15) is 0 Å². The smallest absolute Gasteiger partial charge is 0.303 e. The number of rotatable bonds is 8. The Labute approximate surface area is 131 Å². The first-order valence-electron chi connectivity index (χ1n) is 7.66. The molecule has 0 saturated heterocycles. The van der Waals surface area contributed by atoms with E-state index in [1.165, 1.54) is 0 Å². The highest BCUT2D eigenvalue weighted by atomic mass is 32.2. The molecule has 8 heteroatoms. The summed E-state index contributed by atoms with van der Waals surface area (Å²) >= 11 is 0. The molecule has 1 amide bonds. The highest BCUT2D eigenvalue weighted by molar-refractivity contribution is 7.90. The second kappa shape index (κ2) is 8.47. The van der Waals surface area contributed by atoms with E-state index in [0.717, 1.165) is 25.7 Å². The zero-order valence-corrected chi connectivity index (χ0v) is 14.0. The van der Waals surface area contributed by atoms with Crippen LogP contribution < -0.4 is 10.0 Å². The highest BCUT2D eigenvalue weighted by Gasteiger charge is 2.24. The van der Waals surface area contributed by atoms with Crippen molar-refractivity contribution in [2.45, 2.75) is 52.0 Å². The fourth-order valence-corrected chi connectivity index (χ4v) is 3.83. The summed E-state index contributed by atoms with van der Waals surface area (Å²) in [6.45, 7) is 3.99. The topological polar surface area (TPSA) is 113 Å². The molecule has 0 aromatic heterocycles. The van der Waals surface area contributed by atoms with Gasteiger partial charge in [0.15, 0.2) is 0 Å². The predicted octanol–water partition coefficient (Wildman–Crippen LogP) is 0.712. The molecule has 1 saturated carbocycles. The molecule has 3 N–H and O–H groups in total. The van der Waals surface area contributed by atoms with Crippen molar-refractivity contribution in [3.63, 3.8) is 0 Å². The molecular formula is C14H26N2O5S. The van der Waals surface area contributed by atoms with Gasteiger partial charge in [0.1, 0.15) is 5.75 Å². The van der Waals surface area contributed by atoms with E-state index < -0.39 is 27.7 Å². The average molecular weight is 334 g/mol. The average Bonchev–Trinajstić information content (AvgIpc) is 2.37. The van der Waals surface area contributed by atoms with Gasteiger partial charge in [0.2, 0.25) is 15.9 Å². The van der Waals surface area contributed by atoms with E-state index >= 15 is 0 Å². The van der Waals surface area contributed by atoms with Gasteiger partial charge in [-0.15, -0.1) is 0 Å². The summed E-state index contributed by atoms with van der Waals surface area (Å²) in [5, 5.41) is 11.1. The van der Waals surface area contributed by atoms with Crippen molar-refractivity contribution in [2.75, 3.05) is 12.3 Å². The first-order chi connectivity index (χ1) is 10.2. The zero-order chi connectivity index (χ0) is 16.8. The van der Waals surface area contributed by atoms with Crippen LogP contribution in [0.5, 0.6) is 0 Å². The summed E-state index contributed by atoms with van der Waals surface area (Å²) in [7, 11) is -3.65. The molecule has 7 nitrogen and oxygen atoms in total. The van der Waals surface area contributed by atoms with Crippen LogP contribution >= 0.6 is 0 Å². The summed E-state index contributed by atoms with van der Waals surface area (Å²) in [4.78, 5) is 22.2. The summed E-state index contributed by atoms with van der Waals surface area (Å²) in [6.07, 6.45) is 3.53. The minimum Gasteiger partial charge on any atom is -0.481 e. The highest BCUT2D eigenvalue weighted by Crippen LogP contribution is 2.23. The van der Waals surface area contributed by atoms with Crippen LogP contribution in [0.3, 0.4) is 0 Å². The van der Waals surface area contributed by atoms with Gasteiger partial charge in [0, 0.05) is 19.0 Å². The van der Waals surface area contributed by atoms with Crippen LogP contribution in [-0.4, -0.2) is 43.7 Å². The Morgan fingerprint density at radius 1 is 1.23 bits per heavy atom. The van der Waals surface area contributed by atoms with E-state index in [0.29, 0.717) is 5.92 Å².